The molecule has 0 saturated carbocycles. The molecular weight excluding hydrogens is 304 g/mol. The highest BCUT2D eigenvalue weighted by atomic mass is 32.2. The first-order chi connectivity index (χ1) is 9.72. The van der Waals surface area contributed by atoms with Crippen molar-refractivity contribution in [1.29, 1.82) is 0 Å². The van der Waals surface area contributed by atoms with Crippen LogP contribution in [0.2, 0.25) is 0 Å². The third-order valence-electron chi connectivity index (χ3n) is 2.64. The predicted molar refractivity (Wildman–Crippen MR) is 70.5 cm³/mol. The number of imide groups is 1. The van der Waals surface area contributed by atoms with E-state index in [-0.39, 0.29) is 12.2 Å². The Morgan fingerprint density at radius 2 is 2.00 bits per heavy atom. The molecule has 0 aromatic heterocycles. The molecule has 0 aromatic rings. The number of carboxylic acids is 2. The maximum Gasteiger partial charge on any atom is 0.327 e. The van der Waals surface area contributed by atoms with Gasteiger partial charge in [0.25, 0.3) is 0 Å². The fourth-order valence-electron chi connectivity index (χ4n) is 1.72. The van der Waals surface area contributed by atoms with Crippen LogP contribution in [0.15, 0.2) is 0 Å². The van der Waals surface area contributed by atoms with Crippen molar-refractivity contribution in [3.05, 3.63) is 0 Å². The summed E-state index contributed by atoms with van der Waals surface area (Å²) in [6.45, 7) is 0.461. The van der Waals surface area contributed by atoms with E-state index < -0.39 is 47.5 Å². The highest BCUT2D eigenvalue weighted by molar-refractivity contribution is 8.00. The molecule has 21 heavy (non-hydrogen) atoms. The standard InChI is InChI=1S/C11H14N2O7S/c1-5(14)12-6(11(19)20)4-21-7-2-8(15)13(10(7)18)3-9(16)17/h6-7H,2-4H2,1H3,(H,12,14)(H,16,17)(H,19,20). The fourth-order valence-corrected chi connectivity index (χ4v) is 2.90. The van der Waals surface area contributed by atoms with Crippen LogP contribution in [-0.2, 0) is 24.0 Å². The summed E-state index contributed by atoms with van der Waals surface area (Å²) >= 11 is 0.905. The van der Waals surface area contributed by atoms with Gasteiger partial charge in [-0.15, -0.1) is 11.8 Å². The number of carbonyl (C=O) groups is 5. The molecule has 3 amide bonds. The zero-order chi connectivity index (χ0) is 16.2. The molecule has 3 N–H and O–H groups in total. The number of carboxylic acid groups (broad SMARTS) is 2. The number of nitrogens with one attached hydrogen (secondary N) is 1. The smallest absolute Gasteiger partial charge is 0.327 e. The van der Waals surface area contributed by atoms with E-state index >= 15 is 0 Å². The summed E-state index contributed by atoms with van der Waals surface area (Å²) in [5, 5.41) is 18.9. The lowest BCUT2D eigenvalue weighted by atomic mass is 10.3. The van der Waals surface area contributed by atoms with E-state index in [1.54, 1.807) is 0 Å². The van der Waals surface area contributed by atoms with Crippen molar-refractivity contribution in [1.82, 2.24) is 10.2 Å². The molecule has 1 saturated heterocycles. The molecule has 10 heteroatoms. The van der Waals surface area contributed by atoms with Gasteiger partial charge in [0.15, 0.2) is 0 Å². The van der Waals surface area contributed by atoms with E-state index in [1.165, 1.54) is 6.92 Å². The van der Waals surface area contributed by atoms with E-state index in [1.807, 2.05) is 0 Å². The number of likely N-dealkylation sites (tertiary alicyclic amines) is 1. The van der Waals surface area contributed by atoms with Crippen LogP contribution in [0, 0.1) is 0 Å². The largest absolute Gasteiger partial charge is 0.480 e. The van der Waals surface area contributed by atoms with Crippen LogP contribution >= 0.6 is 11.8 Å². The third kappa shape index (κ3) is 4.74. The molecule has 0 bridgehead atoms. The van der Waals surface area contributed by atoms with Crippen LogP contribution in [0.1, 0.15) is 13.3 Å². The van der Waals surface area contributed by atoms with Crippen LogP contribution in [0.3, 0.4) is 0 Å². The minimum atomic E-state index is -1.30. The van der Waals surface area contributed by atoms with Gasteiger partial charge in [-0.2, -0.15) is 0 Å². The normalized spacial score (nSPS) is 19.5. The number of hydrogen-bond acceptors (Lipinski definition) is 6. The summed E-state index contributed by atoms with van der Waals surface area (Å²) in [5.74, 6) is -4.43. The average Bonchev–Trinajstić information content (AvgIpc) is 2.61. The molecule has 116 valence electrons. The lowest BCUT2D eigenvalue weighted by Crippen LogP contribution is -2.42. The van der Waals surface area contributed by atoms with Gasteiger partial charge in [0, 0.05) is 19.1 Å². The van der Waals surface area contributed by atoms with Crippen molar-refractivity contribution in [3.63, 3.8) is 0 Å². The lowest BCUT2D eigenvalue weighted by Gasteiger charge is -2.15. The molecule has 0 spiro atoms. The summed E-state index contributed by atoms with van der Waals surface area (Å²) in [5.41, 5.74) is 0. The Hall–Kier alpha value is -2.10. The number of amides is 3. The number of aliphatic carboxylic acids is 2. The quantitative estimate of drug-likeness (QED) is 0.483. The molecule has 9 nitrogen and oxygen atoms in total. The number of rotatable bonds is 7. The average molecular weight is 318 g/mol. The summed E-state index contributed by atoms with van der Waals surface area (Å²) < 4.78 is 0. The Morgan fingerprint density at radius 1 is 1.38 bits per heavy atom. The Kier molecular flexibility index (Phi) is 5.70. The highest BCUT2D eigenvalue weighted by Crippen LogP contribution is 2.25. The van der Waals surface area contributed by atoms with Gasteiger partial charge < -0.3 is 15.5 Å². The lowest BCUT2D eigenvalue weighted by molar-refractivity contribution is -0.148. The molecule has 1 fully saturated rings. The zero-order valence-corrected chi connectivity index (χ0v) is 11.9. The second-order valence-electron chi connectivity index (χ2n) is 4.33. The van der Waals surface area contributed by atoms with Crippen LogP contribution in [0.5, 0.6) is 0 Å². The van der Waals surface area contributed by atoms with E-state index in [0.29, 0.717) is 4.90 Å². The van der Waals surface area contributed by atoms with Crippen molar-refractivity contribution in [2.45, 2.75) is 24.6 Å². The first-order valence-electron chi connectivity index (χ1n) is 5.90. The fraction of sp³-hybridized carbons (Fsp3) is 0.545. The van der Waals surface area contributed by atoms with E-state index in [0.717, 1.165) is 11.8 Å². The van der Waals surface area contributed by atoms with Gasteiger partial charge in [0.1, 0.15) is 12.6 Å². The number of carbonyl (C=O) groups excluding carboxylic acids is 3. The van der Waals surface area contributed by atoms with Crippen molar-refractivity contribution < 1.29 is 34.2 Å². The molecule has 1 heterocycles. The molecule has 1 aliphatic rings. The molecule has 0 radical (unpaired) electrons. The Labute approximate surface area is 123 Å². The Balaban J connectivity index is 2.61. The summed E-state index contributed by atoms with van der Waals surface area (Å²) in [7, 11) is 0. The Morgan fingerprint density at radius 3 is 2.48 bits per heavy atom. The summed E-state index contributed by atoms with van der Waals surface area (Å²) in [6, 6.07) is -1.18. The van der Waals surface area contributed by atoms with Crippen molar-refractivity contribution in [3.8, 4) is 0 Å². The molecule has 1 rings (SSSR count). The van der Waals surface area contributed by atoms with Gasteiger partial charge in [-0.05, 0) is 0 Å². The molecule has 0 aromatic carbocycles. The SMILES string of the molecule is CC(=O)NC(CSC1CC(=O)N(CC(=O)O)C1=O)C(=O)O. The van der Waals surface area contributed by atoms with Crippen LogP contribution < -0.4 is 5.32 Å². The van der Waals surface area contributed by atoms with E-state index in [9.17, 15) is 24.0 Å². The van der Waals surface area contributed by atoms with Crippen LogP contribution in [0.4, 0.5) is 0 Å². The van der Waals surface area contributed by atoms with Gasteiger partial charge in [-0.3, -0.25) is 24.1 Å². The topological polar surface area (TPSA) is 141 Å². The van der Waals surface area contributed by atoms with E-state index in [2.05, 4.69) is 5.32 Å². The van der Waals surface area contributed by atoms with Gasteiger partial charge in [0.2, 0.25) is 17.7 Å². The summed E-state index contributed by atoms with van der Waals surface area (Å²) in [4.78, 5) is 56.3. The maximum absolute atomic E-state index is 11.8. The second-order valence-corrected chi connectivity index (χ2v) is 5.57. The first-order valence-corrected chi connectivity index (χ1v) is 6.94. The highest BCUT2D eigenvalue weighted by Gasteiger charge is 2.40. The molecule has 0 aliphatic carbocycles. The monoisotopic (exact) mass is 318 g/mol. The van der Waals surface area contributed by atoms with Crippen LogP contribution in [0.25, 0.3) is 0 Å². The van der Waals surface area contributed by atoms with Gasteiger partial charge in [-0.1, -0.05) is 0 Å². The molecule has 2 atom stereocenters. The zero-order valence-electron chi connectivity index (χ0n) is 11.1. The molecule has 1 aliphatic heterocycles. The maximum atomic E-state index is 11.8. The van der Waals surface area contributed by atoms with Crippen molar-refractivity contribution in [2.75, 3.05) is 12.3 Å². The minimum absolute atomic E-state index is 0.0977. The predicted octanol–water partition coefficient (Wildman–Crippen LogP) is -1.48. The first kappa shape index (κ1) is 17.0. The number of nitrogens with zero attached hydrogens (tertiary/aromatic N) is 1. The number of hydrogen-bond donors (Lipinski definition) is 3. The van der Waals surface area contributed by atoms with Crippen LogP contribution in [-0.4, -0.2) is 68.4 Å². The summed E-state index contributed by atoms with van der Waals surface area (Å²) in [6.07, 6.45) is -0.177. The number of thioether (sulfide) groups is 1. The molecule has 2 unspecified atom stereocenters. The second kappa shape index (κ2) is 7.07. The van der Waals surface area contributed by atoms with E-state index in [4.69, 9.17) is 10.2 Å². The Bertz CT molecular complexity index is 493. The van der Waals surface area contributed by atoms with Gasteiger partial charge >= 0.3 is 11.9 Å². The van der Waals surface area contributed by atoms with Gasteiger partial charge in [-0.25, -0.2) is 4.79 Å². The van der Waals surface area contributed by atoms with Crippen molar-refractivity contribution >= 4 is 41.4 Å². The molecular formula is C11H14N2O7S. The van der Waals surface area contributed by atoms with Crippen molar-refractivity contribution in [2.24, 2.45) is 0 Å². The van der Waals surface area contributed by atoms with Gasteiger partial charge in [0.05, 0.1) is 5.25 Å². The minimum Gasteiger partial charge on any atom is -0.480 e. The third-order valence-corrected chi connectivity index (χ3v) is 3.93.